The lowest BCUT2D eigenvalue weighted by Gasteiger charge is -2.35. The van der Waals surface area contributed by atoms with Crippen LogP contribution in [0.1, 0.15) is 6.92 Å². The number of hydrogen-bond acceptors (Lipinski definition) is 9. The van der Waals surface area contributed by atoms with Crippen molar-refractivity contribution in [1.82, 2.24) is 14.9 Å². The largest absolute Gasteiger partial charge is 0.494 e. The summed E-state index contributed by atoms with van der Waals surface area (Å²) in [6.45, 7) is 4.21. The van der Waals surface area contributed by atoms with Gasteiger partial charge in [0, 0.05) is 32.2 Å². The average Bonchev–Trinajstić information content (AvgIpc) is 2.84. The standard InChI is InChI=1S/C22H24N6O5/c1-3-33-22(29)27-12-10-26(11-13-27)21-20(23-16-6-4-5-7-17(16)25-21)24-18-9-8-15(28(30)31)14-19(18)32-2/h4-9,14H,3,10-13H2,1-2H3,(H,23,24). The summed E-state index contributed by atoms with van der Waals surface area (Å²) >= 11 is 0. The number of non-ortho nitro benzene ring substituents is 1. The first-order valence-electron chi connectivity index (χ1n) is 10.5. The van der Waals surface area contributed by atoms with Crippen molar-refractivity contribution in [3.63, 3.8) is 0 Å². The molecule has 1 saturated heterocycles. The number of carbonyl (C=O) groups is 1. The van der Waals surface area contributed by atoms with E-state index in [1.54, 1.807) is 17.9 Å². The second-order valence-electron chi connectivity index (χ2n) is 7.32. The number of methoxy groups -OCH3 is 1. The van der Waals surface area contributed by atoms with Crippen molar-refractivity contribution >= 4 is 40.1 Å². The van der Waals surface area contributed by atoms with Crippen molar-refractivity contribution in [2.45, 2.75) is 6.92 Å². The first kappa shape index (κ1) is 22.1. The van der Waals surface area contributed by atoms with E-state index in [-0.39, 0.29) is 11.8 Å². The summed E-state index contributed by atoms with van der Waals surface area (Å²) in [5, 5.41) is 14.4. The van der Waals surface area contributed by atoms with Gasteiger partial charge in [-0.1, -0.05) is 12.1 Å². The highest BCUT2D eigenvalue weighted by Crippen LogP contribution is 2.34. The Morgan fingerprint density at radius 2 is 1.82 bits per heavy atom. The van der Waals surface area contributed by atoms with Crippen LogP contribution in [0.3, 0.4) is 0 Å². The lowest BCUT2D eigenvalue weighted by Crippen LogP contribution is -2.49. The highest BCUT2D eigenvalue weighted by atomic mass is 16.6. The van der Waals surface area contributed by atoms with E-state index < -0.39 is 4.92 Å². The quantitative estimate of drug-likeness (QED) is 0.441. The van der Waals surface area contributed by atoms with Gasteiger partial charge >= 0.3 is 6.09 Å². The Labute approximate surface area is 190 Å². The predicted molar refractivity (Wildman–Crippen MR) is 123 cm³/mol. The predicted octanol–water partition coefficient (Wildman–Crippen LogP) is 3.57. The van der Waals surface area contributed by atoms with E-state index in [0.717, 1.165) is 5.52 Å². The fourth-order valence-corrected chi connectivity index (χ4v) is 3.63. The van der Waals surface area contributed by atoms with Crippen molar-refractivity contribution in [2.24, 2.45) is 0 Å². The second-order valence-corrected chi connectivity index (χ2v) is 7.32. The van der Waals surface area contributed by atoms with Gasteiger partial charge in [0.2, 0.25) is 0 Å². The highest BCUT2D eigenvalue weighted by molar-refractivity contribution is 5.83. The molecular weight excluding hydrogens is 428 g/mol. The maximum absolute atomic E-state index is 12.1. The van der Waals surface area contributed by atoms with Crippen molar-refractivity contribution in [2.75, 3.05) is 50.1 Å². The van der Waals surface area contributed by atoms with Crippen LogP contribution in [0.2, 0.25) is 0 Å². The van der Waals surface area contributed by atoms with E-state index in [4.69, 9.17) is 19.4 Å². The highest BCUT2D eigenvalue weighted by Gasteiger charge is 2.25. The van der Waals surface area contributed by atoms with E-state index in [1.165, 1.54) is 19.2 Å². The first-order chi connectivity index (χ1) is 16.0. The minimum absolute atomic E-state index is 0.0719. The number of nitro groups is 1. The zero-order valence-electron chi connectivity index (χ0n) is 18.4. The number of nitrogens with zero attached hydrogens (tertiary/aromatic N) is 5. The zero-order valence-corrected chi connectivity index (χ0v) is 18.4. The van der Waals surface area contributed by atoms with Crippen LogP contribution < -0.4 is 15.0 Å². The number of hydrogen-bond donors (Lipinski definition) is 1. The Bertz CT molecular complexity index is 1180. The first-order valence-corrected chi connectivity index (χ1v) is 10.5. The topological polar surface area (TPSA) is 123 Å². The average molecular weight is 452 g/mol. The number of ether oxygens (including phenoxy) is 2. The number of para-hydroxylation sites is 2. The van der Waals surface area contributed by atoms with Gasteiger partial charge in [0.15, 0.2) is 11.6 Å². The molecule has 0 unspecified atom stereocenters. The fraction of sp³-hybridized carbons (Fsp3) is 0.318. The smallest absolute Gasteiger partial charge is 0.409 e. The summed E-state index contributed by atoms with van der Waals surface area (Å²) < 4.78 is 10.5. The molecule has 11 nitrogen and oxygen atoms in total. The third-order valence-electron chi connectivity index (χ3n) is 5.31. The Hall–Kier alpha value is -4.15. The van der Waals surface area contributed by atoms with E-state index in [9.17, 15) is 14.9 Å². The molecule has 0 spiro atoms. The SMILES string of the molecule is CCOC(=O)N1CCN(c2nc3ccccc3nc2Nc2ccc([N+](=O)[O-])cc2OC)CC1. The van der Waals surface area contributed by atoms with Gasteiger partial charge in [0.1, 0.15) is 5.75 Å². The van der Waals surface area contributed by atoms with Crippen LogP contribution in [0.15, 0.2) is 42.5 Å². The summed E-state index contributed by atoms with van der Waals surface area (Å²) in [4.78, 5) is 36.0. The molecule has 1 aliphatic rings. The number of anilines is 3. The van der Waals surface area contributed by atoms with Gasteiger partial charge < -0.3 is 24.6 Å². The van der Waals surface area contributed by atoms with E-state index >= 15 is 0 Å². The molecule has 1 fully saturated rings. The van der Waals surface area contributed by atoms with Gasteiger partial charge in [-0.15, -0.1) is 0 Å². The normalized spacial score (nSPS) is 13.6. The van der Waals surface area contributed by atoms with Crippen LogP contribution in [0.5, 0.6) is 5.75 Å². The number of benzene rings is 2. The number of fused-ring (bicyclic) bond motifs is 1. The Balaban J connectivity index is 1.66. The summed E-state index contributed by atoms with van der Waals surface area (Å²) in [6.07, 6.45) is -0.323. The molecule has 0 aliphatic carbocycles. The Morgan fingerprint density at radius 1 is 1.12 bits per heavy atom. The van der Waals surface area contributed by atoms with Crippen LogP contribution in [0.25, 0.3) is 11.0 Å². The van der Waals surface area contributed by atoms with Crippen LogP contribution in [-0.4, -0.2) is 65.8 Å². The van der Waals surface area contributed by atoms with Crippen molar-refractivity contribution in [1.29, 1.82) is 0 Å². The van der Waals surface area contributed by atoms with Crippen molar-refractivity contribution < 1.29 is 19.2 Å². The molecular formula is C22H24N6O5. The maximum Gasteiger partial charge on any atom is 0.409 e. The van der Waals surface area contributed by atoms with Crippen molar-refractivity contribution in [3.05, 3.63) is 52.6 Å². The minimum atomic E-state index is -0.476. The van der Waals surface area contributed by atoms with Gasteiger partial charge in [-0.2, -0.15) is 0 Å². The minimum Gasteiger partial charge on any atom is -0.494 e. The van der Waals surface area contributed by atoms with Gasteiger partial charge in [-0.3, -0.25) is 10.1 Å². The van der Waals surface area contributed by atoms with Crippen LogP contribution in [0, 0.1) is 10.1 Å². The molecule has 172 valence electrons. The third-order valence-corrected chi connectivity index (χ3v) is 5.31. The molecule has 3 aromatic rings. The number of rotatable bonds is 6. The van der Waals surface area contributed by atoms with Gasteiger partial charge in [-0.25, -0.2) is 14.8 Å². The molecule has 0 saturated carbocycles. The number of aromatic nitrogens is 2. The summed E-state index contributed by atoms with van der Waals surface area (Å²) in [6, 6.07) is 11.9. The molecule has 0 bridgehead atoms. The van der Waals surface area contributed by atoms with Crippen LogP contribution in [0.4, 0.5) is 27.8 Å². The van der Waals surface area contributed by atoms with Crippen LogP contribution in [-0.2, 0) is 4.74 Å². The molecule has 0 atom stereocenters. The molecule has 11 heteroatoms. The molecule has 0 radical (unpaired) electrons. The molecule has 1 aromatic heterocycles. The maximum atomic E-state index is 12.1. The molecule has 33 heavy (non-hydrogen) atoms. The number of nitrogens with one attached hydrogen (secondary N) is 1. The Kier molecular flexibility index (Phi) is 6.38. The molecule has 2 aromatic carbocycles. The summed E-state index contributed by atoms with van der Waals surface area (Å²) in [7, 11) is 1.45. The van der Waals surface area contributed by atoms with Crippen molar-refractivity contribution in [3.8, 4) is 5.75 Å². The molecule has 4 rings (SSSR count). The van der Waals surface area contributed by atoms with E-state index in [1.807, 2.05) is 24.3 Å². The summed E-state index contributed by atoms with van der Waals surface area (Å²) in [5.41, 5.74) is 1.90. The number of piperazine rings is 1. The third kappa shape index (κ3) is 4.71. The second kappa shape index (κ2) is 9.55. The molecule has 1 N–H and O–H groups in total. The van der Waals surface area contributed by atoms with Gasteiger partial charge in [0.05, 0.1) is 41.4 Å². The molecule has 1 amide bonds. The van der Waals surface area contributed by atoms with Gasteiger partial charge in [0.25, 0.3) is 5.69 Å². The van der Waals surface area contributed by atoms with E-state index in [0.29, 0.717) is 61.4 Å². The molecule has 1 aliphatic heterocycles. The number of amides is 1. The molecule has 2 heterocycles. The van der Waals surface area contributed by atoms with E-state index in [2.05, 4.69) is 10.2 Å². The number of nitro benzene ring substituents is 1. The Morgan fingerprint density at radius 3 is 2.45 bits per heavy atom. The summed E-state index contributed by atoms with van der Waals surface area (Å²) in [5.74, 6) is 1.43. The van der Waals surface area contributed by atoms with Gasteiger partial charge in [-0.05, 0) is 25.1 Å². The fourth-order valence-electron chi connectivity index (χ4n) is 3.63. The zero-order chi connectivity index (χ0) is 23.4. The monoisotopic (exact) mass is 452 g/mol. The lowest BCUT2D eigenvalue weighted by atomic mass is 10.2. The number of carbonyl (C=O) groups excluding carboxylic acids is 1. The lowest BCUT2D eigenvalue weighted by molar-refractivity contribution is -0.384. The van der Waals surface area contributed by atoms with Crippen LogP contribution >= 0.6 is 0 Å².